The van der Waals surface area contributed by atoms with Gasteiger partial charge in [0.1, 0.15) is 12.2 Å². The number of hydrogen-bond acceptors (Lipinski definition) is 4. The second-order valence-electron chi connectivity index (χ2n) is 3.70. The summed E-state index contributed by atoms with van der Waals surface area (Å²) in [4.78, 5) is 10.2. The molecule has 0 N–H and O–H groups in total. The molecule has 4 nitrogen and oxygen atoms in total. The minimum Gasteiger partial charge on any atom is -0.461 e. The molecule has 2 aliphatic rings. The maximum Gasteiger partial charge on any atom is 0.293 e. The van der Waals surface area contributed by atoms with Crippen LogP contribution in [0.5, 0.6) is 0 Å². The van der Waals surface area contributed by atoms with Crippen molar-refractivity contribution in [1.29, 1.82) is 0 Å². The molecular weight excluding hydrogens is 192 g/mol. The van der Waals surface area contributed by atoms with Crippen LogP contribution in [0.2, 0.25) is 0 Å². The summed E-state index contributed by atoms with van der Waals surface area (Å²) < 4.78 is 21.4. The van der Waals surface area contributed by atoms with Gasteiger partial charge in [-0.25, -0.2) is 4.21 Å². The van der Waals surface area contributed by atoms with Crippen molar-refractivity contribution >= 4 is 17.6 Å². The highest BCUT2D eigenvalue weighted by Gasteiger charge is 2.49. The van der Waals surface area contributed by atoms with E-state index in [0.717, 1.165) is 6.42 Å². The Morgan fingerprint density at radius 2 is 2.38 bits per heavy atom. The molecule has 5 unspecified atom stereocenters. The van der Waals surface area contributed by atoms with Crippen LogP contribution in [0.15, 0.2) is 0 Å². The Bertz CT molecular complexity index is 242. The number of fused-ring (bicyclic) bond motifs is 2. The lowest BCUT2D eigenvalue weighted by Crippen LogP contribution is -2.40. The minimum absolute atomic E-state index is 0.162. The Morgan fingerprint density at radius 1 is 1.62 bits per heavy atom. The molecule has 2 bridgehead atoms. The fraction of sp³-hybridized carbons (Fsp3) is 0.875. The van der Waals surface area contributed by atoms with E-state index in [4.69, 9.17) is 8.92 Å². The summed E-state index contributed by atoms with van der Waals surface area (Å²) in [5, 5.41) is 0. The first-order valence-electron chi connectivity index (χ1n) is 4.37. The molecule has 0 aromatic carbocycles. The lowest BCUT2D eigenvalue weighted by molar-refractivity contribution is -0.140. The fourth-order valence-electron chi connectivity index (χ4n) is 2.24. The Balaban J connectivity index is 2.14. The molecule has 0 radical (unpaired) electrons. The molecular formula is C8H12O4S. The Kier molecular flexibility index (Phi) is 2.38. The Hall–Kier alpha value is -0.420. The first kappa shape index (κ1) is 9.15. The van der Waals surface area contributed by atoms with Crippen LogP contribution in [0.4, 0.5) is 0 Å². The van der Waals surface area contributed by atoms with E-state index < -0.39 is 11.1 Å². The van der Waals surface area contributed by atoms with Gasteiger partial charge in [-0.1, -0.05) is 6.92 Å². The largest absolute Gasteiger partial charge is 0.461 e. The number of carbonyl (C=O) groups is 1. The third-order valence-corrected chi connectivity index (χ3v) is 3.94. The van der Waals surface area contributed by atoms with Gasteiger partial charge in [0.15, 0.2) is 11.1 Å². The van der Waals surface area contributed by atoms with E-state index in [9.17, 15) is 9.00 Å². The van der Waals surface area contributed by atoms with E-state index in [-0.39, 0.29) is 18.1 Å². The first-order valence-corrected chi connectivity index (χ1v) is 5.61. The third kappa shape index (κ3) is 1.50. The van der Waals surface area contributed by atoms with Gasteiger partial charge in [0.25, 0.3) is 6.47 Å². The first-order chi connectivity index (χ1) is 6.22. The van der Waals surface area contributed by atoms with Crippen LogP contribution in [-0.2, 0) is 24.8 Å². The summed E-state index contributed by atoms with van der Waals surface area (Å²) in [6, 6.07) is 0. The zero-order valence-corrected chi connectivity index (χ0v) is 8.16. The van der Waals surface area contributed by atoms with Crippen LogP contribution in [0, 0.1) is 11.8 Å². The van der Waals surface area contributed by atoms with E-state index in [2.05, 4.69) is 0 Å². The molecule has 1 aliphatic heterocycles. The molecule has 1 saturated heterocycles. The lowest BCUT2D eigenvalue weighted by Gasteiger charge is -2.27. The normalized spacial score (nSPS) is 48.8. The van der Waals surface area contributed by atoms with E-state index in [1.54, 1.807) is 0 Å². The van der Waals surface area contributed by atoms with Gasteiger partial charge in [-0.05, 0) is 12.3 Å². The van der Waals surface area contributed by atoms with Crippen molar-refractivity contribution < 1.29 is 17.9 Å². The van der Waals surface area contributed by atoms with E-state index >= 15 is 0 Å². The molecule has 5 atom stereocenters. The third-order valence-electron chi connectivity index (χ3n) is 2.81. The van der Waals surface area contributed by atoms with Crippen molar-refractivity contribution in [1.82, 2.24) is 0 Å². The molecule has 0 aromatic heterocycles. The Morgan fingerprint density at radius 3 is 3.00 bits per heavy atom. The van der Waals surface area contributed by atoms with E-state index in [0.29, 0.717) is 18.1 Å². The van der Waals surface area contributed by atoms with E-state index in [1.807, 2.05) is 6.92 Å². The molecule has 74 valence electrons. The number of carbonyl (C=O) groups excluding carboxylic acids is 1. The summed E-state index contributed by atoms with van der Waals surface area (Å²) in [7, 11) is 0. The van der Waals surface area contributed by atoms with Gasteiger partial charge in [-0.2, -0.15) is 0 Å². The average Bonchev–Trinajstić information content (AvgIpc) is 2.28. The zero-order valence-electron chi connectivity index (χ0n) is 7.34. The van der Waals surface area contributed by atoms with Crippen molar-refractivity contribution in [2.75, 3.05) is 5.75 Å². The SMILES string of the molecule is CC1CC2CS(=O)OC1C2OC=O. The van der Waals surface area contributed by atoms with Crippen molar-refractivity contribution in [3.05, 3.63) is 0 Å². The molecule has 0 spiro atoms. The smallest absolute Gasteiger partial charge is 0.293 e. The Labute approximate surface area is 79.3 Å². The van der Waals surface area contributed by atoms with Gasteiger partial charge in [-0.3, -0.25) is 8.98 Å². The molecule has 1 aliphatic carbocycles. The maximum atomic E-state index is 11.2. The van der Waals surface area contributed by atoms with Crippen molar-refractivity contribution in [3.63, 3.8) is 0 Å². The van der Waals surface area contributed by atoms with Gasteiger partial charge in [0, 0.05) is 5.92 Å². The van der Waals surface area contributed by atoms with E-state index in [1.165, 1.54) is 0 Å². The van der Waals surface area contributed by atoms with Gasteiger partial charge in [-0.15, -0.1) is 0 Å². The number of hydrogen-bond donors (Lipinski definition) is 0. The van der Waals surface area contributed by atoms with Crippen molar-refractivity contribution in [3.8, 4) is 0 Å². The predicted molar refractivity (Wildman–Crippen MR) is 46.1 cm³/mol. The highest BCUT2D eigenvalue weighted by molar-refractivity contribution is 7.80. The van der Waals surface area contributed by atoms with Gasteiger partial charge in [0.2, 0.25) is 0 Å². The quantitative estimate of drug-likeness (QED) is 0.605. The van der Waals surface area contributed by atoms with Gasteiger partial charge in [0.05, 0.1) is 5.75 Å². The topological polar surface area (TPSA) is 52.6 Å². The highest BCUT2D eigenvalue weighted by atomic mass is 32.2. The van der Waals surface area contributed by atoms with Crippen LogP contribution < -0.4 is 0 Å². The summed E-state index contributed by atoms with van der Waals surface area (Å²) in [5.41, 5.74) is 0. The van der Waals surface area contributed by atoms with Crippen LogP contribution in [0.25, 0.3) is 0 Å². The fourth-order valence-corrected chi connectivity index (χ4v) is 3.54. The molecule has 13 heavy (non-hydrogen) atoms. The van der Waals surface area contributed by atoms with Gasteiger partial charge < -0.3 is 4.74 Å². The van der Waals surface area contributed by atoms with Crippen molar-refractivity contribution in [2.24, 2.45) is 11.8 Å². The van der Waals surface area contributed by atoms with Crippen LogP contribution >= 0.6 is 0 Å². The summed E-state index contributed by atoms with van der Waals surface area (Å²) in [6.45, 7) is 2.49. The van der Waals surface area contributed by atoms with Crippen LogP contribution in [0.1, 0.15) is 13.3 Å². The lowest BCUT2D eigenvalue weighted by atomic mass is 10.1. The summed E-state index contributed by atoms with van der Waals surface area (Å²) >= 11 is -1.18. The monoisotopic (exact) mass is 204 g/mol. The molecule has 2 fully saturated rings. The molecule has 1 saturated carbocycles. The number of rotatable bonds is 2. The second-order valence-corrected chi connectivity index (χ2v) is 4.83. The average molecular weight is 204 g/mol. The highest BCUT2D eigenvalue weighted by Crippen LogP contribution is 2.39. The second kappa shape index (κ2) is 3.38. The van der Waals surface area contributed by atoms with Crippen LogP contribution in [0.3, 0.4) is 0 Å². The molecule has 2 rings (SSSR count). The number of ether oxygens (including phenoxy) is 1. The maximum absolute atomic E-state index is 11.2. The standard InChI is InChI=1S/C8H12O4S/c1-5-2-6-3-13(10)12-7(5)8(6)11-4-9/h4-8H,2-3H2,1H3. The summed E-state index contributed by atoms with van der Waals surface area (Å²) in [5.74, 6) is 1.06. The molecule has 0 aromatic rings. The van der Waals surface area contributed by atoms with Crippen molar-refractivity contribution in [2.45, 2.75) is 25.6 Å². The molecule has 5 heteroatoms. The molecule has 0 amide bonds. The zero-order chi connectivity index (χ0) is 9.42. The summed E-state index contributed by atoms with van der Waals surface area (Å²) in [6.07, 6.45) is 0.601. The van der Waals surface area contributed by atoms with Gasteiger partial charge >= 0.3 is 0 Å². The van der Waals surface area contributed by atoms with Crippen LogP contribution in [-0.4, -0.2) is 28.6 Å². The predicted octanol–water partition coefficient (Wildman–Crippen LogP) is 0.246. The molecule has 1 heterocycles. The minimum atomic E-state index is -1.18.